The van der Waals surface area contributed by atoms with Crippen LogP contribution < -0.4 is 22.8 Å². The molecule has 0 aliphatic heterocycles. The van der Waals surface area contributed by atoms with Gasteiger partial charge in [-0.3, -0.25) is 9.98 Å². The summed E-state index contributed by atoms with van der Waals surface area (Å²) in [5.41, 5.74) is 12.4. The zero-order valence-electron chi connectivity index (χ0n) is 19.0. The highest BCUT2D eigenvalue weighted by Crippen LogP contribution is 2.22. The molecule has 0 saturated heterocycles. The maximum absolute atomic E-state index is 6.23. The fraction of sp³-hybridized carbons (Fsp3) is 0.391. The van der Waals surface area contributed by atoms with Crippen LogP contribution in [0, 0.1) is 0 Å². The number of hydrogen-bond donors (Lipinski definition) is 4. The summed E-state index contributed by atoms with van der Waals surface area (Å²) in [5.74, 6) is 12.7. The van der Waals surface area contributed by atoms with Crippen molar-refractivity contribution < 1.29 is 0 Å². The molecule has 0 aliphatic carbocycles. The number of aromatic nitrogens is 1. The Labute approximate surface area is 193 Å². The molecule has 8 nitrogen and oxygen atoms in total. The molecule has 172 valence electrons. The third-order valence-corrected chi connectivity index (χ3v) is 5.63. The number of rotatable bonds is 10. The van der Waals surface area contributed by atoms with Crippen molar-refractivity contribution in [2.24, 2.45) is 32.5 Å². The minimum Gasteiger partial charge on any atom is -0.387 e. The number of pyridine rings is 1. The van der Waals surface area contributed by atoms with Crippen molar-refractivity contribution in [3.8, 4) is 11.3 Å². The average Bonchev–Trinajstić information content (AvgIpc) is 2.81. The van der Waals surface area contributed by atoms with Gasteiger partial charge in [-0.25, -0.2) is 10.8 Å². The van der Waals surface area contributed by atoms with Crippen LogP contribution in [0.1, 0.15) is 50.7 Å². The number of nitrogens with two attached hydrogens (primary N) is 3. The van der Waals surface area contributed by atoms with E-state index in [2.05, 4.69) is 43.6 Å². The number of aliphatic imine (C=N–C) groups is 2. The molecular weight excluding hydrogens is 419 g/mol. The smallest absolute Gasteiger partial charge is 0.167 e. The first-order valence-electron chi connectivity index (χ1n) is 11.0. The second-order valence-corrected chi connectivity index (χ2v) is 8.28. The van der Waals surface area contributed by atoms with E-state index in [-0.39, 0.29) is 5.66 Å². The van der Waals surface area contributed by atoms with Crippen LogP contribution in [-0.4, -0.2) is 34.7 Å². The van der Waals surface area contributed by atoms with Gasteiger partial charge in [0.2, 0.25) is 0 Å². The zero-order chi connectivity index (χ0) is 23.3. The fourth-order valence-corrected chi connectivity index (χ4v) is 3.56. The van der Waals surface area contributed by atoms with Gasteiger partial charge in [-0.1, -0.05) is 57.0 Å². The van der Waals surface area contributed by atoms with E-state index in [0.717, 1.165) is 60.4 Å². The summed E-state index contributed by atoms with van der Waals surface area (Å²) >= 11 is 0. The molecule has 2 unspecified atom stereocenters. The Hall–Kier alpha value is -2.83. The molecule has 1 aromatic carbocycles. The predicted molar refractivity (Wildman–Crippen MR) is 139 cm³/mol. The van der Waals surface area contributed by atoms with E-state index in [4.69, 9.17) is 22.4 Å². The molecule has 0 fully saturated rings. The van der Waals surface area contributed by atoms with Crippen LogP contribution in [0.4, 0.5) is 0 Å². The Morgan fingerprint density at radius 2 is 1.94 bits per heavy atom. The third-order valence-electron chi connectivity index (χ3n) is 4.95. The summed E-state index contributed by atoms with van der Waals surface area (Å²) in [5, 5.41) is 3.72. The first-order valence-corrected chi connectivity index (χ1v) is 11.6. The SMILES string of the molecule is CCCCN=C(Cc1ccc(-c2ccccc2/C(=N/N)NN)nc1)N=C(N)C(P)CCC. The number of amidine groups is 3. The quantitative estimate of drug-likeness (QED) is 0.109. The zero-order valence-corrected chi connectivity index (χ0v) is 20.1. The minimum atomic E-state index is 0.155. The van der Waals surface area contributed by atoms with Gasteiger partial charge in [-0.05, 0) is 24.5 Å². The molecule has 2 rings (SSSR count). The second-order valence-electron chi connectivity index (χ2n) is 7.48. The number of benzene rings is 1. The van der Waals surface area contributed by atoms with Crippen LogP contribution in [0.2, 0.25) is 0 Å². The summed E-state index contributed by atoms with van der Waals surface area (Å²) in [6.45, 7) is 5.02. The molecule has 9 heteroatoms. The lowest BCUT2D eigenvalue weighted by molar-refractivity contribution is 0.804. The molecule has 0 saturated carbocycles. The lowest BCUT2D eigenvalue weighted by Gasteiger charge is -2.12. The summed E-state index contributed by atoms with van der Waals surface area (Å²) < 4.78 is 0. The van der Waals surface area contributed by atoms with Crippen LogP contribution in [0.25, 0.3) is 11.3 Å². The maximum atomic E-state index is 6.23. The van der Waals surface area contributed by atoms with Gasteiger partial charge in [-0.15, -0.1) is 9.24 Å². The number of unbranched alkanes of at least 4 members (excludes halogenated alkanes) is 1. The molecule has 1 aromatic heterocycles. The van der Waals surface area contributed by atoms with Gasteiger partial charge in [-0.2, -0.15) is 5.10 Å². The van der Waals surface area contributed by atoms with Crippen molar-refractivity contribution in [2.75, 3.05) is 6.54 Å². The summed E-state index contributed by atoms with van der Waals surface area (Å²) in [6.07, 6.45) is 6.54. The summed E-state index contributed by atoms with van der Waals surface area (Å²) in [7, 11) is 2.77. The molecule has 0 spiro atoms. The molecule has 0 radical (unpaired) electrons. The van der Waals surface area contributed by atoms with Crippen LogP contribution in [0.3, 0.4) is 0 Å². The van der Waals surface area contributed by atoms with Crippen molar-refractivity contribution >= 4 is 26.7 Å². The van der Waals surface area contributed by atoms with Gasteiger partial charge in [0, 0.05) is 35.9 Å². The highest BCUT2D eigenvalue weighted by atomic mass is 31.0. The second kappa shape index (κ2) is 13.6. The Kier molecular flexibility index (Phi) is 10.8. The monoisotopic (exact) mass is 454 g/mol. The van der Waals surface area contributed by atoms with E-state index in [1.807, 2.05) is 42.6 Å². The van der Waals surface area contributed by atoms with Gasteiger partial charge >= 0.3 is 0 Å². The van der Waals surface area contributed by atoms with E-state index in [9.17, 15) is 0 Å². The Bertz CT molecular complexity index is 937. The number of hydrogen-bond acceptors (Lipinski definition) is 5. The van der Waals surface area contributed by atoms with Crippen LogP contribution >= 0.6 is 9.24 Å². The number of hydrazone groups is 1. The van der Waals surface area contributed by atoms with Gasteiger partial charge < -0.3 is 17.0 Å². The number of nitrogens with one attached hydrogen (secondary N) is 1. The fourth-order valence-electron chi connectivity index (χ4n) is 3.16. The lowest BCUT2D eigenvalue weighted by atomic mass is 10.0. The van der Waals surface area contributed by atoms with E-state index >= 15 is 0 Å². The van der Waals surface area contributed by atoms with Gasteiger partial charge in [0.1, 0.15) is 11.7 Å². The highest BCUT2D eigenvalue weighted by molar-refractivity contribution is 7.19. The lowest BCUT2D eigenvalue weighted by Crippen LogP contribution is -2.32. The van der Waals surface area contributed by atoms with E-state index in [1.54, 1.807) is 0 Å². The van der Waals surface area contributed by atoms with Crippen LogP contribution in [0.5, 0.6) is 0 Å². The van der Waals surface area contributed by atoms with Crippen molar-refractivity contribution in [1.82, 2.24) is 10.4 Å². The Balaban J connectivity index is 2.27. The molecule has 32 heavy (non-hydrogen) atoms. The predicted octanol–water partition coefficient (Wildman–Crippen LogP) is 2.97. The average molecular weight is 455 g/mol. The molecule has 7 N–H and O–H groups in total. The van der Waals surface area contributed by atoms with Crippen LogP contribution in [0.15, 0.2) is 57.7 Å². The molecule has 0 aliphatic rings. The van der Waals surface area contributed by atoms with Gasteiger partial charge in [0.05, 0.1) is 5.69 Å². The summed E-state index contributed by atoms with van der Waals surface area (Å²) in [6, 6.07) is 11.7. The standard InChI is InChI=1S/C23H35N8P/c1-3-5-13-27-21(29-22(24)20(32)8-4-2)14-16-11-12-19(28-15-16)17-9-6-7-10-18(17)23(30-25)31-26/h6-7,9-12,15,20H,3-5,8,13-14,25-26,32H2,1-2H3,(H,30,31)(H2,24,27,29). The Morgan fingerprint density at radius 3 is 2.56 bits per heavy atom. The van der Waals surface area contributed by atoms with Crippen molar-refractivity contribution in [1.29, 1.82) is 0 Å². The third kappa shape index (κ3) is 7.39. The largest absolute Gasteiger partial charge is 0.387 e. The van der Waals surface area contributed by atoms with E-state index in [0.29, 0.717) is 18.1 Å². The molecule has 0 amide bonds. The molecule has 2 aromatic rings. The van der Waals surface area contributed by atoms with E-state index < -0.39 is 0 Å². The summed E-state index contributed by atoms with van der Waals surface area (Å²) in [4.78, 5) is 14.0. The van der Waals surface area contributed by atoms with Crippen molar-refractivity contribution in [2.45, 2.75) is 51.6 Å². The van der Waals surface area contributed by atoms with Crippen molar-refractivity contribution in [3.63, 3.8) is 0 Å². The number of hydrazine groups is 1. The minimum absolute atomic E-state index is 0.155. The first-order chi connectivity index (χ1) is 15.5. The normalized spacial score (nSPS) is 13.8. The van der Waals surface area contributed by atoms with Crippen LogP contribution in [-0.2, 0) is 6.42 Å². The maximum Gasteiger partial charge on any atom is 0.167 e. The molecular formula is C23H35N8P. The molecule has 1 heterocycles. The Morgan fingerprint density at radius 1 is 1.16 bits per heavy atom. The molecule has 2 atom stereocenters. The van der Waals surface area contributed by atoms with Crippen molar-refractivity contribution in [3.05, 3.63) is 53.7 Å². The molecule has 0 bridgehead atoms. The van der Waals surface area contributed by atoms with Gasteiger partial charge in [0.15, 0.2) is 5.84 Å². The van der Waals surface area contributed by atoms with E-state index in [1.165, 1.54) is 0 Å². The van der Waals surface area contributed by atoms with Gasteiger partial charge in [0.25, 0.3) is 0 Å². The number of nitrogens with zero attached hydrogens (tertiary/aromatic N) is 4. The first kappa shape index (κ1) is 25.4. The highest BCUT2D eigenvalue weighted by Gasteiger charge is 2.12. The topological polar surface area (TPSA) is 140 Å².